The quantitative estimate of drug-likeness (QED) is 0.145. The minimum atomic E-state index is -5.08. The molecule has 0 saturated heterocycles. The molecule has 1 fully saturated rings. The largest absolute Gasteiger partial charge is 0.435 e. The number of oxazole rings is 1. The van der Waals surface area contributed by atoms with Crippen LogP contribution in [0.25, 0.3) is 22.4 Å². The topological polar surface area (TPSA) is 123 Å². The number of hydrogen-bond acceptors (Lipinski definition) is 6. The third-order valence-corrected chi connectivity index (χ3v) is 8.62. The highest BCUT2D eigenvalue weighted by Crippen LogP contribution is 2.68. The zero-order chi connectivity index (χ0) is 35.2. The smallest absolute Gasteiger partial charge is 0.389 e. The van der Waals surface area contributed by atoms with E-state index in [0.717, 1.165) is 25.1 Å². The Morgan fingerprint density at radius 2 is 1.82 bits per heavy atom. The first kappa shape index (κ1) is 32.2. The van der Waals surface area contributed by atoms with E-state index >= 15 is 8.78 Å². The summed E-state index contributed by atoms with van der Waals surface area (Å²) >= 11 is 0. The third kappa shape index (κ3) is 5.65. The van der Waals surface area contributed by atoms with Crippen LogP contribution in [0.4, 0.5) is 35.1 Å². The first-order chi connectivity index (χ1) is 23.0. The molecule has 2 aliphatic carbocycles. The van der Waals surface area contributed by atoms with Gasteiger partial charge >= 0.3 is 11.9 Å². The second-order valence-electron chi connectivity index (χ2n) is 12.0. The van der Waals surface area contributed by atoms with E-state index < -0.39 is 94.8 Å². The fourth-order valence-corrected chi connectivity index (χ4v) is 6.51. The molecule has 3 aromatic heterocycles. The lowest BCUT2D eigenvalue weighted by Gasteiger charge is -2.22. The lowest BCUT2D eigenvalue weighted by Crippen LogP contribution is -2.35. The number of fused-ring (bicyclic) bond motifs is 4. The number of carbonyl (C=O) groups is 2. The Kier molecular flexibility index (Phi) is 7.29. The number of nitrogens with one attached hydrogen (secondary N) is 2. The van der Waals surface area contributed by atoms with Gasteiger partial charge in [-0.2, -0.15) is 27.1 Å². The van der Waals surface area contributed by atoms with E-state index in [4.69, 9.17) is 4.42 Å². The van der Waals surface area contributed by atoms with Crippen molar-refractivity contribution in [1.29, 1.82) is 0 Å². The van der Waals surface area contributed by atoms with Crippen LogP contribution in [0.5, 0.6) is 0 Å². The summed E-state index contributed by atoms with van der Waals surface area (Å²) in [6.45, 7) is 0.00611. The standard InChI is InChI=1S/C32H21F8N5O4/c1-12(46)17-7-14(2-3-21(17)35)18-10-23-29(49-30(48)42-23)43-26(18)22(6-13-4-15(33)8-16(34)5-13)41-24(47)11-45-28-25(27(44-45)32(38,39)40)19-9-20(19)31(28,36)37/h2-5,7-8,10,19-20,22H,6,9,11H2,1H3,(H,41,47)(H,42,48)/t19-,20+,22-/m0/s1. The second kappa shape index (κ2) is 11.1. The van der Waals surface area contributed by atoms with Gasteiger partial charge in [-0.15, -0.1) is 0 Å². The monoisotopic (exact) mass is 691 g/mol. The summed E-state index contributed by atoms with van der Waals surface area (Å²) in [7, 11) is 0. The lowest BCUT2D eigenvalue weighted by molar-refractivity contribution is -0.142. The second-order valence-corrected chi connectivity index (χ2v) is 12.0. The Balaban J connectivity index is 1.34. The molecule has 0 spiro atoms. The predicted molar refractivity (Wildman–Crippen MR) is 153 cm³/mol. The van der Waals surface area contributed by atoms with Crippen molar-refractivity contribution in [1.82, 2.24) is 25.1 Å². The van der Waals surface area contributed by atoms with Gasteiger partial charge in [0.2, 0.25) is 11.6 Å². The molecule has 5 aromatic rings. The molecule has 0 bridgehead atoms. The van der Waals surface area contributed by atoms with Crippen molar-refractivity contribution in [3.05, 3.63) is 104 Å². The van der Waals surface area contributed by atoms with Crippen LogP contribution in [0.2, 0.25) is 0 Å². The molecular weight excluding hydrogens is 670 g/mol. The summed E-state index contributed by atoms with van der Waals surface area (Å²) < 4.78 is 120. The maximum atomic E-state index is 15.2. The van der Waals surface area contributed by atoms with Crippen LogP contribution in [0.3, 0.4) is 0 Å². The van der Waals surface area contributed by atoms with Crippen LogP contribution >= 0.6 is 0 Å². The van der Waals surface area contributed by atoms with Crippen LogP contribution in [0.15, 0.2) is 51.7 Å². The van der Waals surface area contributed by atoms with Crippen LogP contribution in [-0.2, 0) is 29.9 Å². The molecule has 0 radical (unpaired) electrons. The molecule has 9 nitrogen and oxygen atoms in total. The number of benzene rings is 2. The van der Waals surface area contributed by atoms with Gasteiger partial charge < -0.3 is 9.73 Å². The normalized spacial score (nSPS) is 18.3. The van der Waals surface area contributed by atoms with Gasteiger partial charge in [0.1, 0.15) is 35.2 Å². The summed E-state index contributed by atoms with van der Waals surface area (Å²) in [6, 6.07) is 5.76. The molecule has 17 heteroatoms. The Hall–Kier alpha value is -5.35. The van der Waals surface area contributed by atoms with E-state index in [0.29, 0.717) is 10.7 Å². The average molecular weight is 692 g/mol. The number of pyridine rings is 1. The average Bonchev–Trinajstić information content (AvgIpc) is 3.49. The maximum absolute atomic E-state index is 15.2. The molecule has 1 saturated carbocycles. The van der Waals surface area contributed by atoms with Gasteiger partial charge in [-0.1, -0.05) is 6.07 Å². The van der Waals surface area contributed by atoms with Crippen LogP contribution < -0.4 is 11.1 Å². The highest BCUT2D eigenvalue weighted by Gasteiger charge is 2.68. The van der Waals surface area contributed by atoms with E-state index in [1.54, 1.807) is 0 Å². The third-order valence-electron chi connectivity index (χ3n) is 8.62. The fourth-order valence-electron chi connectivity index (χ4n) is 6.51. The summed E-state index contributed by atoms with van der Waals surface area (Å²) in [6.07, 6.45) is -5.67. The van der Waals surface area contributed by atoms with Crippen molar-refractivity contribution in [2.45, 2.75) is 50.4 Å². The number of rotatable bonds is 8. The van der Waals surface area contributed by atoms with Gasteiger partial charge in [0.15, 0.2) is 11.5 Å². The van der Waals surface area contributed by atoms with Gasteiger partial charge in [-0.3, -0.25) is 19.3 Å². The number of ketones is 1. The molecule has 2 aliphatic rings. The van der Waals surface area contributed by atoms with Crippen molar-refractivity contribution in [3.8, 4) is 11.1 Å². The van der Waals surface area contributed by atoms with Crippen molar-refractivity contribution in [2.24, 2.45) is 5.92 Å². The Labute approximate surface area is 268 Å². The molecule has 3 atom stereocenters. The molecule has 254 valence electrons. The first-order valence-electron chi connectivity index (χ1n) is 14.7. The summed E-state index contributed by atoms with van der Waals surface area (Å²) in [5.41, 5.74) is -3.75. The van der Waals surface area contributed by atoms with Crippen molar-refractivity contribution < 1.29 is 49.1 Å². The number of carbonyl (C=O) groups excluding carboxylic acids is 2. The van der Waals surface area contributed by atoms with E-state index in [1.807, 2.05) is 0 Å². The molecule has 0 aliphatic heterocycles. The van der Waals surface area contributed by atoms with Gasteiger partial charge in [0.05, 0.1) is 17.3 Å². The molecule has 2 N–H and O–H groups in total. The molecule has 1 amide bonds. The maximum Gasteiger partial charge on any atom is 0.435 e. The molecule has 49 heavy (non-hydrogen) atoms. The van der Waals surface area contributed by atoms with E-state index in [-0.39, 0.29) is 45.6 Å². The summed E-state index contributed by atoms with van der Waals surface area (Å²) in [5, 5.41) is 5.85. The highest BCUT2D eigenvalue weighted by molar-refractivity contribution is 5.96. The molecule has 3 heterocycles. The van der Waals surface area contributed by atoms with Gasteiger partial charge in [-0.25, -0.2) is 22.9 Å². The number of aromatic amines is 1. The van der Waals surface area contributed by atoms with Crippen LogP contribution in [0, 0.1) is 23.4 Å². The minimum absolute atomic E-state index is 0.0342. The number of amides is 1. The number of nitrogens with zero attached hydrogens (tertiary/aromatic N) is 3. The highest BCUT2D eigenvalue weighted by atomic mass is 19.4. The summed E-state index contributed by atoms with van der Waals surface area (Å²) in [5.74, 6) is -11.6. The Morgan fingerprint density at radius 1 is 1.10 bits per heavy atom. The summed E-state index contributed by atoms with van der Waals surface area (Å²) in [4.78, 5) is 44.4. The number of halogens is 8. The molecule has 0 unspecified atom stereocenters. The minimum Gasteiger partial charge on any atom is -0.389 e. The van der Waals surface area contributed by atoms with E-state index in [2.05, 4.69) is 20.4 Å². The molecule has 7 rings (SSSR count). The Morgan fingerprint density at radius 3 is 2.49 bits per heavy atom. The zero-order valence-electron chi connectivity index (χ0n) is 24.9. The number of aromatic nitrogens is 4. The van der Waals surface area contributed by atoms with Gasteiger partial charge in [-0.05, 0) is 67.1 Å². The van der Waals surface area contributed by atoms with Crippen LogP contribution in [0.1, 0.15) is 63.9 Å². The van der Waals surface area contributed by atoms with E-state index in [1.165, 1.54) is 18.2 Å². The van der Waals surface area contributed by atoms with Gasteiger partial charge in [0.25, 0.3) is 5.92 Å². The van der Waals surface area contributed by atoms with Crippen LogP contribution in [-0.4, -0.2) is 31.4 Å². The predicted octanol–water partition coefficient (Wildman–Crippen LogP) is 6.33. The number of alkyl halides is 5. The van der Waals surface area contributed by atoms with Crippen molar-refractivity contribution in [3.63, 3.8) is 0 Å². The number of H-pyrrole nitrogens is 1. The molecular formula is C32H21F8N5O4. The van der Waals surface area contributed by atoms with Crippen molar-refractivity contribution >= 4 is 22.9 Å². The number of Topliss-reactive ketones (excluding diaryl/α,β-unsaturated/α-hetero) is 1. The number of hydrogen-bond donors (Lipinski definition) is 2. The Bertz CT molecular complexity index is 2240. The molecule has 2 aromatic carbocycles. The first-order valence-corrected chi connectivity index (χ1v) is 14.7. The van der Waals surface area contributed by atoms with Crippen molar-refractivity contribution in [2.75, 3.05) is 0 Å². The fraction of sp³-hybridized carbons (Fsp3) is 0.281. The zero-order valence-corrected chi connectivity index (χ0v) is 24.9. The lowest BCUT2D eigenvalue weighted by atomic mass is 9.93. The SMILES string of the molecule is CC(=O)c1cc(-c2cc3[nH]c(=O)oc3nc2[C@H](Cc2cc(F)cc(F)c2)NC(=O)Cn2nc(C(F)(F)F)c3c2C(F)(F)[C@@H]2C[C@H]32)ccc1F. The van der Waals surface area contributed by atoms with E-state index in [9.17, 15) is 40.7 Å². The van der Waals surface area contributed by atoms with Gasteiger partial charge in [0, 0.05) is 23.1 Å².